The van der Waals surface area contributed by atoms with Gasteiger partial charge in [-0.1, -0.05) is 18.2 Å². The standard InChI is InChI=1S/C15H15NO6S/c17-14(16-11-5-6-23(19,20)9-11)8-21-15(18)13-7-10-3-1-2-4-12(10)22-13/h1-4,7,11H,5-6,8-9H2,(H,16,17)/t11-/m1/s1. The molecule has 23 heavy (non-hydrogen) atoms. The molecule has 0 unspecified atom stereocenters. The largest absolute Gasteiger partial charge is 0.450 e. The smallest absolute Gasteiger partial charge is 0.374 e. The molecule has 3 rings (SSSR count). The van der Waals surface area contributed by atoms with Crippen LogP contribution in [0.2, 0.25) is 0 Å². The van der Waals surface area contributed by atoms with Crippen LogP contribution in [-0.2, 0) is 19.4 Å². The van der Waals surface area contributed by atoms with Gasteiger partial charge in [0.05, 0.1) is 11.5 Å². The minimum atomic E-state index is -3.07. The van der Waals surface area contributed by atoms with Gasteiger partial charge in [0.25, 0.3) is 5.91 Å². The number of carbonyl (C=O) groups excluding carboxylic acids is 2. The molecular weight excluding hydrogens is 322 g/mol. The number of furan rings is 1. The maximum Gasteiger partial charge on any atom is 0.374 e. The summed E-state index contributed by atoms with van der Waals surface area (Å²) >= 11 is 0. The van der Waals surface area contributed by atoms with Crippen molar-refractivity contribution in [2.45, 2.75) is 12.5 Å². The van der Waals surface area contributed by atoms with Crippen molar-refractivity contribution in [3.8, 4) is 0 Å². The Morgan fingerprint density at radius 1 is 1.30 bits per heavy atom. The van der Waals surface area contributed by atoms with Crippen molar-refractivity contribution in [1.29, 1.82) is 0 Å². The van der Waals surface area contributed by atoms with Gasteiger partial charge >= 0.3 is 5.97 Å². The molecule has 1 aliphatic rings. The van der Waals surface area contributed by atoms with E-state index >= 15 is 0 Å². The van der Waals surface area contributed by atoms with E-state index in [0.717, 1.165) is 5.39 Å². The van der Waals surface area contributed by atoms with E-state index in [2.05, 4.69) is 5.32 Å². The Balaban J connectivity index is 1.53. The molecule has 1 aromatic carbocycles. The molecule has 8 heteroatoms. The van der Waals surface area contributed by atoms with Gasteiger partial charge in [0, 0.05) is 11.4 Å². The molecule has 0 saturated carbocycles. The molecular formula is C15H15NO6S. The molecule has 122 valence electrons. The van der Waals surface area contributed by atoms with Crippen molar-refractivity contribution >= 4 is 32.7 Å². The Kier molecular flexibility index (Phi) is 4.08. The fraction of sp³-hybridized carbons (Fsp3) is 0.333. The van der Waals surface area contributed by atoms with Gasteiger partial charge in [0.15, 0.2) is 16.4 Å². The zero-order valence-corrected chi connectivity index (χ0v) is 13.0. The minimum absolute atomic E-state index is 0.0162. The molecule has 0 bridgehead atoms. The second-order valence-corrected chi connectivity index (χ2v) is 7.62. The van der Waals surface area contributed by atoms with E-state index in [4.69, 9.17) is 9.15 Å². The highest BCUT2D eigenvalue weighted by Gasteiger charge is 2.29. The Morgan fingerprint density at radius 2 is 2.09 bits per heavy atom. The number of fused-ring (bicyclic) bond motifs is 1. The van der Waals surface area contributed by atoms with Gasteiger partial charge in [-0.25, -0.2) is 13.2 Å². The summed E-state index contributed by atoms with van der Waals surface area (Å²) in [7, 11) is -3.07. The molecule has 2 aromatic rings. The van der Waals surface area contributed by atoms with Crippen molar-refractivity contribution in [3.63, 3.8) is 0 Å². The van der Waals surface area contributed by atoms with Crippen LogP contribution in [0.1, 0.15) is 17.0 Å². The number of rotatable bonds is 4. The summed E-state index contributed by atoms with van der Waals surface area (Å²) in [6.07, 6.45) is 0.381. The fourth-order valence-electron chi connectivity index (χ4n) is 2.46. The number of nitrogens with one attached hydrogen (secondary N) is 1. The highest BCUT2D eigenvalue weighted by atomic mass is 32.2. The van der Waals surface area contributed by atoms with E-state index in [-0.39, 0.29) is 17.3 Å². The maximum atomic E-state index is 11.9. The van der Waals surface area contributed by atoms with Crippen LogP contribution in [0.5, 0.6) is 0 Å². The fourth-order valence-corrected chi connectivity index (χ4v) is 4.14. The summed E-state index contributed by atoms with van der Waals surface area (Å²) < 4.78 is 32.8. The molecule has 1 aromatic heterocycles. The third-order valence-corrected chi connectivity index (χ3v) is 5.33. The van der Waals surface area contributed by atoms with E-state index in [0.29, 0.717) is 12.0 Å². The molecule has 1 atom stereocenters. The van der Waals surface area contributed by atoms with Crippen molar-refractivity contribution in [3.05, 3.63) is 36.1 Å². The Bertz CT molecular complexity index is 821. The average molecular weight is 337 g/mol. The summed E-state index contributed by atoms with van der Waals surface area (Å²) in [6, 6.07) is 8.24. The van der Waals surface area contributed by atoms with Crippen LogP contribution in [0.4, 0.5) is 0 Å². The second kappa shape index (κ2) is 6.04. The summed E-state index contributed by atoms with van der Waals surface area (Å²) in [5.41, 5.74) is 0.556. The number of amides is 1. The molecule has 1 amide bonds. The lowest BCUT2D eigenvalue weighted by Gasteiger charge is -2.10. The first-order chi connectivity index (χ1) is 10.9. The first kappa shape index (κ1) is 15.5. The van der Waals surface area contributed by atoms with Crippen molar-refractivity contribution in [1.82, 2.24) is 5.32 Å². The number of para-hydroxylation sites is 1. The topological polar surface area (TPSA) is 103 Å². The predicted octanol–water partition coefficient (Wildman–Crippen LogP) is 0.893. The molecule has 1 saturated heterocycles. The van der Waals surface area contributed by atoms with Crippen LogP contribution in [0.25, 0.3) is 11.0 Å². The molecule has 1 aliphatic heterocycles. The number of ether oxygens (including phenoxy) is 1. The Hall–Kier alpha value is -2.35. The maximum absolute atomic E-state index is 11.9. The molecule has 7 nitrogen and oxygen atoms in total. The number of sulfone groups is 1. The molecule has 1 fully saturated rings. The quantitative estimate of drug-likeness (QED) is 0.831. The van der Waals surface area contributed by atoms with Crippen molar-refractivity contribution < 1.29 is 27.2 Å². The number of carbonyl (C=O) groups is 2. The molecule has 0 aliphatic carbocycles. The molecule has 2 heterocycles. The first-order valence-electron chi connectivity index (χ1n) is 7.08. The van der Waals surface area contributed by atoms with Crippen molar-refractivity contribution in [2.75, 3.05) is 18.1 Å². The van der Waals surface area contributed by atoms with E-state index in [1.165, 1.54) is 0 Å². The zero-order valence-electron chi connectivity index (χ0n) is 12.2. The van der Waals surface area contributed by atoms with Crippen LogP contribution < -0.4 is 5.32 Å². The van der Waals surface area contributed by atoms with Gasteiger partial charge in [-0.3, -0.25) is 4.79 Å². The molecule has 0 spiro atoms. The SMILES string of the molecule is O=C(COC(=O)c1cc2ccccc2o1)N[C@@H]1CCS(=O)(=O)C1. The van der Waals surface area contributed by atoms with Gasteiger partial charge < -0.3 is 14.5 Å². The summed E-state index contributed by atoms with van der Waals surface area (Å²) in [5, 5.41) is 3.31. The second-order valence-electron chi connectivity index (χ2n) is 5.39. The van der Waals surface area contributed by atoms with Gasteiger partial charge in [0.2, 0.25) is 5.76 Å². The van der Waals surface area contributed by atoms with Gasteiger partial charge in [-0.05, 0) is 18.6 Å². The van der Waals surface area contributed by atoms with E-state index < -0.39 is 34.4 Å². The van der Waals surface area contributed by atoms with Crippen LogP contribution >= 0.6 is 0 Å². The highest BCUT2D eigenvalue weighted by Crippen LogP contribution is 2.19. The van der Waals surface area contributed by atoms with E-state index in [1.807, 2.05) is 6.07 Å². The predicted molar refractivity (Wildman–Crippen MR) is 81.7 cm³/mol. The summed E-state index contributed by atoms with van der Waals surface area (Å²) in [4.78, 5) is 23.6. The highest BCUT2D eigenvalue weighted by molar-refractivity contribution is 7.91. The van der Waals surface area contributed by atoms with E-state index in [1.54, 1.807) is 24.3 Å². The van der Waals surface area contributed by atoms with Gasteiger partial charge in [-0.15, -0.1) is 0 Å². The lowest BCUT2D eigenvalue weighted by Crippen LogP contribution is -2.38. The third kappa shape index (κ3) is 3.70. The number of benzene rings is 1. The van der Waals surface area contributed by atoms with Crippen LogP contribution in [-0.4, -0.2) is 44.4 Å². The first-order valence-corrected chi connectivity index (χ1v) is 8.90. The summed E-state index contributed by atoms with van der Waals surface area (Å²) in [6.45, 7) is -0.480. The average Bonchev–Trinajstić information content (AvgIpc) is 3.07. The van der Waals surface area contributed by atoms with Crippen LogP contribution in [0.3, 0.4) is 0 Å². The Morgan fingerprint density at radius 3 is 2.78 bits per heavy atom. The summed E-state index contributed by atoms with van der Waals surface area (Å²) in [5.74, 6) is -1.26. The third-order valence-electron chi connectivity index (χ3n) is 3.56. The molecule has 0 radical (unpaired) electrons. The number of hydrogen-bond donors (Lipinski definition) is 1. The van der Waals surface area contributed by atoms with Crippen molar-refractivity contribution in [2.24, 2.45) is 0 Å². The van der Waals surface area contributed by atoms with Gasteiger partial charge in [0.1, 0.15) is 5.58 Å². The lowest BCUT2D eigenvalue weighted by molar-refractivity contribution is -0.124. The lowest BCUT2D eigenvalue weighted by atomic mass is 10.2. The number of hydrogen-bond acceptors (Lipinski definition) is 6. The number of esters is 1. The van der Waals surface area contributed by atoms with Crippen LogP contribution in [0, 0.1) is 0 Å². The normalized spacial score (nSPS) is 19.6. The van der Waals surface area contributed by atoms with Gasteiger partial charge in [-0.2, -0.15) is 0 Å². The minimum Gasteiger partial charge on any atom is -0.450 e. The monoisotopic (exact) mass is 337 g/mol. The zero-order chi connectivity index (χ0) is 16.4. The Labute approximate surface area is 132 Å². The molecule has 1 N–H and O–H groups in total. The van der Waals surface area contributed by atoms with E-state index in [9.17, 15) is 18.0 Å². The van der Waals surface area contributed by atoms with Crippen LogP contribution in [0.15, 0.2) is 34.7 Å².